The summed E-state index contributed by atoms with van der Waals surface area (Å²) in [5.74, 6) is 1.81. The molecular weight excluding hydrogens is 262 g/mol. The Balaban J connectivity index is 2.86. The Kier molecular flexibility index (Phi) is 8.88. The van der Waals surface area contributed by atoms with E-state index in [1.54, 1.807) is 14.2 Å². The predicted octanol–water partition coefficient (Wildman–Crippen LogP) is 4.30. The standard InChI is InChI=1S/C18H32NO2/c1-5-7-9-11-13-19-16(12-10-8-6-2)14-17(20-3)15-18(19)21-4/h14-15H,5-13H2,1-4H3/q+1. The molecule has 0 aromatic carbocycles. The minimum Gasteiger partial charge on any atom is -0.496 e. The molecule has 1 heterocycles. The zero-order valence-corrected chi connectivity index (χ0v) is 14.3. The zero-order valence-electron chi connectivity index (χ0n) is 14.3. The lowest BCUT2D eigenvalue weighted by Gasteiger charge is -2.10. The summed E-state index contributed by atoms with van der Waals surface area (Å²) in [6, 6.07) is 4.15. The molecule has 0 bridgehead atoms. The van der Waals surface area contributed by atoms with Gasteiger partial charge in [-0.2, -0.15) is 4.57 Å². The van der Waals surface area contributed by atoms with E-state index in [1.807, 2.05) is 6.07 Å². The molecular formula is C18H32NO2+. The lowest BCUT2D eigenvalue weighted by Crippen LogP contribution is -2.40. The number of nitrogens with zero attached hydrogens (tertiary/aromatic N) is 1. The van der Waals surface area contributed by atoms with Crippen LogP contribution in [0.3, 0.4) is 0 Å². The summed E-state index contributed by atoms with van der Waals surface area (Å²) in [6.07, 6.45) is 9.91. The van der Waals surface area contributed by atoms with Crippen molar-refractivity contribution >= 4 is 0 Å². The van der Waals surface area contributed by atoms with Gasteiger partial charge in [0.2, 0.25) is 0 Å². The topological polar surface area (TPSA) is 22.3 Å². The van der Waals surface area contributed by atoms with Crippen LogP contribution in [0.5, 0.6) is 11.6 Å². The van der Waals surface area contributed by atoms with E-state index in [0.29, 0.717) is 0 Å². The van der Waals surface area contributed by atoms with Gasteiger partial charge < -0.3 is 9.47 Å². The van der Waals surface area contributed by atoms with Gasteiger partial charge in [0.25, 0.3) is 0 Å². The van der Waals surface area contributed by atoms with Crippen LogP contribution in [0.4, 0.5) is 0 Å². The molecule has 0 N–H and O–H groups in total. The Morgan fingerprint density at radius 3 is 2.19 bits per heavy atom. The van der Waals surface area contributed by atoms with Crippen molar-refractivity contribution in [1.82, 2.24) is 0 Å². The molecule has 0 saturated carbocycles. The maximum Gasteiger partial charge on any atom is 0.371 e. The predicted molar refractivity (Wildman–Crippen MR) is 87.1 cm³/mol. The van der Waals surface area contributed by atoms with Crippen LogP contribution >= 0.6 is 0 Å². The second-order valence-corrected chi connectivity index (χ2v) is 5.60. The van der Waals surface area contributed by atoms with Gasteiger partial charge in [0.15, 0.2) is 12.2 Å². The third kappa shape index (κ3) is 5.94. The van der Waals surface area contributed by atoms with Gasteiger partial charge in [0.1, 0.15) is 5.75 Å². The maximum absolute atomic E-state index is 5.57. The second kappa shape index (κ2) is 10.5. The molecule has 0 radical (unpaired) electrons. The normalized spacial score (nSPS) is 10.7. The van der Waals surface area contributed by atoms with E-state index in [0.717, 1.165) is 24.6 Å². The van der Waals surface area contributed by atoms with Crippen LogP contribution in [0.1, 0.15) is 64.5 Å². The van der Waals surface area contributed by atoms with Gasteiger partial charge in [-0.25, -0.2) is 0 Å². The van der Waals surface area contributed by atoms with Crippen molar-refractivity contribution in [3.63, 3.8) is 0 Å². The Morgan fingerprint density at radius 2 is 1.57 bits per heavy atom. The highest BCUT2D eigenvalue weighted by molar-refractivity contribution is 5.26. The number of hydrogen-bond acceptors (Lipinski definition) is 2. The summed E-state index contributed by atoms with van der Waals surface area (Å²) in [5, 5.41) is 0. The molecule has 1 aromatic rings. The van der Waals surface area contributed by atoms with E-state index in [1.165, 1.54) is 50.6 Å². The van der Waals surface area contributed by atoms with Crippen molar-refractivity contribution in [1.29, 1.82) is 0 Å². The smallest absolute Gasteiger partial charge is 0.371 e. The lowest BCUT2D eigenvalue weighted by molar-refractivity contribution is -0.709. The van der Waals surface area contributed by atoms with Gasteiger partial charge in [-0.1, -0.05) is 39.5 Å². The third-order valence-electron chi connectivity index (χ3n) is 3.90. The van der Waals surface area contributed by atoms with Crippen molar-refractivity contribution in [2.75, 3.05) is 14.2 Å². The number of ether oxygens (including phenoxy) is 2. The molecule has 0 spiro atoms. The molecule has 1 aromatic heterocycles. The SMILES string of the molecule is CCCCCC[n+]1c(CCCCC)cc(OC)cc1OC. The number of methoxy groups -OCH3 is 2. The van der Waals surface area contributed by atoms with Crippen LogP contribution in [0, 0.1) is 0 Å². The largest absolute Gasteiger partial charge is 0.496 e. The molecule has 120 valence electrons. The Morgan fingerprint density at radius 1 is 0.857 bits per heavy atom. The fraction of sp³-hybridized carbons (Fsp3) is 0.722. The number of pyridine rings is 1. The van der Waals surface area contributed by atoms with E-state index in [4.69, 9.17) is 9.47 Å². The van der Waals surface area contributed by atoms with Gasteiger partial charge in [-0.05, 0) is 12.8 Å². The molecule has 3 nitrogen and oxygen atoms in total. The lowest BCUT2D eigenvalue weighted by atomic mass is 10.1. The van der Waals surface area contributed by atoms with E-state index < -0.39 is 0 Å². The molecule has 0 aliphatic rings. The summed E-state index contributed by atoms with van der Waals surface area (Å²) in [4.78, 5) is 0. The molecule has 1 rings (SSSR count). The minimum atomic E-state index is 0.892. The van der Waals surface area contributed by atoms with Gasteiger partial charge >= 0.3 is 5.88 Å². The van der Waals surface area contributed by atoms with Crippen molar-refractivity contribution in [3.05, 3.63) is 17.8 Å². The molecule has 21 heavy (non-hydrogen) atoms. The highest BCUT2D eigenvalue weighted by Crippen LogP contribution is 2.19. The molecule has 0 fully saturated rings. The van der Waals surface area contributed by atoms with Gasteiger partial charge in [0, 0.05) is 18.9 Å². The van der Waals surface area contributed by atoms with E-state index in [2.05, 4.69) is 24.5 Å². The Labute approximate surface area is 130 Å². The fourth-order valence-corrected chi connectivity index (χ4v) is 2.63. The molecule has 3 heteroatoms. The van der Waals surface area contributed by atoms with Gasteiger partial charge in [-0.3, -0.25) is 0 Å². The molecule has 0 aliphatic heterocycles. The van der Waals surface area contributed by atoms with Gasteiger partial charge in [0.05, 0.1) is 20.3 Å². The summed E-state index contributed by atoms with van der Waals surface area (Å²) in [7, 11) is 3.46. The summed E-state index contributed by atoms with van der Waals surface area (Å²) in [6.45, 7) is 5.52. The number of rotatable bonds is 11. The number of aromatic nitrogens is 1. The quantitative estimate of drug-likeness (QED) is 0.448. The first kappa shape index (κ1) is 17.8. The summed E-state index contributed by atoms with van der Waals surface area (Å²) < 4.78 is 13.3. The molecule has 0 aliphatic carbocycles. The van der Waals surface area contributed by atoms with Crippen LogP contribution in [0.25, 0.3) is 0 Å². The molecule has 0 unspecified atom stereocenters. The molecule has 0 atom stereocenters. The van der Waals surface area contributed by atoms with E-state index >= 15 is 0 Å². The second-order valence-electron chi connectivity index (χ2n) is 5.60. The average molecular weight is 294 g/mol. The first-order chi connectivity index (χ1) is 10.3. The number of hydrogen-bond donors (Lipinski definition) is 0. The maximum atomic E-state index is 5.57. The molecule has 0 amide bonds. The Hall–Kier alpha value is -1.25. The van der Waals surface area contributed by atoms with Crippen molar-refractivity contribution < 1.29 is 14.0 Å². The first-order valence-corrected chi connectivity index (χ1v) is 8.41. The number of aryl methyl sites for hydroxylation is 1. The first-order valence-electron chi connectivity index (χ1n) is 8.41. The monoisotopic (exact) mass is 294 g/mol. The molecule has 0 saturated heterocycles. The van der Waals surface area contributed by atoms with Crippen LogP contribution in [-0.4, -0.2) is 14.2 Å². The van der Waals surface area contributed by atoms with Crippen molar-refractivity contribution in [2.45, 2.75) is 71.8 Å². The number of unbranched alkanes of at least 4 members (excludes halogenated alkanes) is 5. The van der Waals surface area contributed by atoms with Crippen LogP contribution in [0.2, 0.25) is 0 Å². The Bertz CT molecular complexity index is 404. The van der Waals surface area contributed by atoms with E-state index in [-0.39, 0.29) is 0 Å². The van der Waals surface area contributed by atoms with Crippen molar-refractivity contribution in [2.24, 2.45) is 0 Å². The van der Waals surface area contributed by atoms with Crippen molar-refractivity contribution in [3.8, 4) is 11.6 Å². The highest BCUT2D eigenvalue weighted by Gasteiger charge is 2.19. The van der Waals surface area contributed by atoms with E-state index in [9.17, 15) is 0 Å². The van der Waals surface area contributed by atoms with Crippen LogP contribution in [-0.2, 0) is 13.0 Å². The third-order valence-corrected chi connectivity index (χ3v) is 3.90. The van der Waals surface area contributed by atoms with Crippen LogP contribution in [0.15, 0.2) is 12.1 Å². The zero-order chi connectivity index (χ0) is 15.5. The average Bonchev–Trinajstić information content (AvgIpc) is 2.52. The fourth-order valence-electron chi connectivity index (χ4n) is 2.63. The van der Waals surface area contributed by atoms with Crippen LogP contribution < -0.4 is 14.0 Å². The minimum absolute atomic E-state index is 0.892. The summed E-state index contributed by atoms with van der Waals surface area (Å²) >= 11 is 0. The van der Waals surface area contributed by atoms with Gasteiger partial charge in [-0.15, -0.1) is 0 Å². The summed E-state index contributed by atoms with van der Waals surface area (Å²) in [5.41, 5.74) is 1.33. The highest BCUT2D eigenvalue weighted by atomic mass is 16.5.